The minimum absolute atomic E-state index is 0.0146. The summed E-state index contributed by atoms with van der Waals surface area (Å²) in [7, 11) is 0. The number of carbonyl (C=O) groups is 1. The lowest BCUT2D eigenvalue weighted by Crippen LogP contribution is -2.19. The number of hydrogen-bond donors (Lipinski definition) is 1. The number of carbonyl (C=O) groups excluding carboxylic acids is 1. The van der Waals surface area contributed by atoms with Gasteiger partial charge >= 0.3 is 0 Å². The Morgan fingerprint density at radius 2 is 1.54 bits per heavy atom. The molecule has 0 aliphatic rings. The molecular weight excluding hydrogens is 339 g/mol. The summed E-state index contributed by atoms with van der Waals surface area (Å²) >= 11 is 0. The molecule has 1 atom stereocenters. The fourth-order valence-electron chi connectivity index (χ4n) is 2.68. The zero-order valence-corrected chi connectivity index (χ0v) is 14.0. The lowest BCUT2D eigenvalue weighted by atomic mass is 9.96. The van der Waals surface area contributed by atoms with Crippen LogP contribution in [0.2, 0.25) is 0 Å². The second kappa shape index (κ2) is 7.44. The third-order valence-electron chi connectivity index (χ3n) is 4.10. The first-order valence-electron chi connectivity index (χ1n) is 8.06. The van der Waals surface area contributed by atoms with Crippen molar-refractivity contribution < 1.29 is 18.0 Å². The van der Waals surface area contributed by atoms with Gasteiger partial charge in [-0.05, 0) is 36.2 Å². The van der Waals surface area contributed by atoms with Crippen molar-refractivity contribution in [1.29, 1.82) is 0 Å². The van der Waals surface area contributed by atoms with E-state index in [4.69, 9.17) is 0 Å². The molecule has 0 radical (unpaired) electrons. The number of halogens is 3. The fraction of sp³-hybridized carbons (Fsp3) is 0.0952. The van der Waals surface area contributed by atoms with E-state index in [-0.39, 0.29) is 5.69 Å². The molecule has 0 fully saturated rings. The normalized spacial score (nSPS) is 11.8. The van der Waals surface area contributed by atoms with Crippen LogP contribution in [-0.4, -0.2) is 5.91 Å². The fourth-order valence-corrected chi connectivity index (χ4v) is 2.68. The van der Waals surface area contributed by atoms with Gasteiger partial charge in [-0.15, -0.1) is 0 Å². The van der Waals surface area contributed by atoms with E-state index in [1.54, 1.807) is 31.2 Å². The van der Waals surface area contributed by atoms with Crippen LogP contribution < -0.4 is 5.32 Å². The summed E-state index contributed by atoms with van der Waals surface area (Å²) in [4.78, 5) is 12.3. The molecule has 5 heteroatoms. The summed E-state index contributed by atoms with van der Waals surface area (Å²) in [6.07, 6.45) is 0. The zero-order valence-electron chi connectivity index (χ0n) is 14.0. The van der Waals surface area contributed by atoms with E-state index < -0.39 is 29.3 Å². The first kappa shape index (κ1) is 17.7. The Bertz CT molecular complexity index is 921. The summed E-state index contributed by atoms with van der Waals surface area (Å²) in [6, 6.07) is 16.4. The number of rotatable bonds is 4. The van der Waals surface area contributed by atoms with Crippen molar-refractivity contribution in [2.24, 2.45) is 0 Å². The van der Waals surface area contributed by atoms with Crippen molar-refractivity contribution in [1.82, 2.24) is 0 Å². The molecule has 0 saturated heterocycles. The van der Waals surface area contributed by atoms with Crippen LogP contribution in [0.25, 0.3) is 11.1 Å². The van der Waals surface area contributed by atoms with Crippen molar-refractivity contribution in [3.05, 3.63) is 89.7 Å². The number of hydrogen-bond acceptors (Lipinski definition) is 1. The quantitative estimate of drug-likeness (QED) is 0.657. The standard InChI is InChI=1S/C21H16F3NO/c1-13(21(26)25-18-11-16(22)10-17(23)12-18)15-7-8-19(20(24)9-15)14-5-3-2-4-6-14/h2-13H,1H3,(H,25,26)/t13-/m1/s1. The molecule has 0 aliphatic heterocycles. The Morgan fingerprint density at radius 1 is 0.885 bits per heavy atom. The van der Waals surface area contributed by atoms with Crippen molar-refractivity contribution in [2.75, 3.05) is 5.32 Å². The van der Waals surface area contributed by atoms with Crippen LogP contribution in [0.3, 0.4) is 0 Å². The monoisotopic (exact) mass is 355 g/mol. The molecule has 0 aliphatic carbocycles. The lowest BCUT2D eigenvalue weighted by molar-refractivity contribution is -0.117. The van der Waals surface area contributed by atoms with Crippen molar-refractivity contribution in [3.63, 3.8) is 0 Å². The third kappa shape index (κ3) is 3.94. The van der Waals surface area contributed by atoms with Crippen molar-refractivity contribution in [2.45, 2.75) is 12.8 Å². The maximum atomic E-state index is 14.5. The van der Waals surface area contributed by atoms with Gasteiger partial charge < -0.3 is 5.32 Å². The Hall–Kier alpha value is -3.08. The Kier molecular flexibility index (Phi) is 5.07. The molecule has 2 nitrogen and oxygen atoms in total. The summed E-state index contributed by atoms with van der Waals surface area (Å²) in [5, 5.41) is 2.45. The number of anilines is 1. The minimum Gasteiger partial charge on any atom is -0.325 e. The van der Waals surface area contributed by atoms with E-state index >= 15 is 0 Å². The van der Waals surface area contributed by atoms with E-state index in [0.717, 1.165) is 23.8 Å². The molecule has 1 N–H and O–H groups in total. The minimum atomic E-state index is -0.786. The Morgan fingerprint density at radius 3 is 2.15 bits per heavy atom. The van der Waals surface area contributed by atoms with Gasteiger partial charge in [-0.2, -0.15) is 0 Å². The number of benzene rings is 3. The van der Waals surface area contributed by atoms with Gasteiger partial charge in [0.25, 0.3) is 0 Å². The van der Waals surface area contributed by atoms with Crippen LogP contribution in [0, 0.1) is 17.5 Å². The largest absolute Gasteiger partial charge is 0.325 e. The molecule has 3 rings (SSSR count). The van der Waals surface area contributed by atoms with E-state index in [9.17, 15) is 18.0 Å². The van der Waals surface area contributed by atoms with Gasteiger partial charge in [-0.3, -0.25) is 4.79 Å². The van der Waals surface area contributed by atoms with Gasteiger partial charge in [-0.25, -0.2) is 13.2 Å². The third-order valence-corrected chi connectivity index (χ3v) is 4.10. The molecule has 132 valence electrons. The van der Waals surface area contributed by atoms with Crippen LogP contribution in [0.4, 0.5) is 18.9 Å². The smallest absolute Gasteiger partial charge is 0.231 e. The highest BCUT2D eigenvalue weighted by Crippen LogP contribution is 2.27. The van der Waals surface area contributed by atoms with Crippen LogP contribution in [0.15, 0.2) is 66.7 Å². The number of amides is 1. The number of nitrogens with one attached hydrogen (secondary N) is 1. The Labute approximate surface area is 149 Å². The maximum absolute atomic E-state index is 14.5. The van der Waals surface area contributed by atoms with Crippen LogP contribution in [-0.2, 0) is 4.79 Å². The van der Waals surface area contributed by atoms with Crippen molar-refractivity contribution >= 4 is 11.6 Å². The predicted octanol–water partition coefficient (Wildman–Crippen LogP) is 5.51. The maximum Gasteiger partial charge on any atom is 0.231 e. The molecule has 0 spiro atoms. The highest BCUT2D eigenvalue weighted by Gasteiger charge is 2.18. The average molecular weight is 355 g/mol. The molecule has 3 aromatic rings. The molecule has 1 amide bonds. The predicted molar refractivity (Wildman–Crippen MR) is 95.2 cm³/mol. The molecule has 0 aromatic heterocycles. The van der Waals surface area contributed by atoms with Crippen LogP contribution in [0.1, 0.15) is 18.4 Å². The van der Waals surface area contributed by atoms with Gasteiger partial charge in [-0.1, -0.05) is 42.5 Å². The highest BCUT2D eigenvalue weighted by molar-refractivity contribution is 5.95. The van der Waals surface area contributed by atoms with Gasteiger partial charge in [0.2, 0.25) is 5.91 Å². The molecule has 0 saturated carbocycles. The molecule has 0 unspecified atom stereocenters. The summed E-state index contributed by atoms with van der Waals surface area (Å²) in [5.74, 6) is -3.19. The second-order valence-corrected chi connectivity index (χ2v) is 5.97. The molecule has 3 aromatic carbocycles. The zero-order chi connectivity index (χ0) is 18.7. The van der Waals surface area contributed by atoms with Crippen molar-refractivity contribution in [3.8, 4) is 11.1 Å². The average Bonchev–Trinajstić information content (AvgIpc) is 2.60. The van der Waals surface area contributed by atoms with Gasteiger partial charge in [0.15, 0.2) is 0 Å². The van der Waals surface area contributed by atoms with Crippen LogP contribution in [0.5, 0.6) is 0 Å². The first-order chi connectivity index (χ1) is 12.4. The second-order valence-electron chi connectivity index (χ2n) is 5.97. The molecule has 0 heterocycles. The summed E-state index contributed by atoms with van der Waals surface area (Å²) in [5.41, 5.74) is 1.66. The SMILES string of the molecule is C[C@@H](C(=O)Nc1cc(F)cc(F)c1)c1ccc(-c2ccccc2)c(F)c1. The molecular formula is C21H16F3NO. The molecule has 0 bridgehead atoms. The van der Waals surface area contributed by atoms with Gasteiger partial charge in [0.05, 0.1) is 5.92 Å². The van der Waals surface area contributed by atoms with E-state index in [2.05, 4.69) is 5.32 Å². The topological polar surface area (TPSA) is 29.1 Å². The Balaban J connectivity index is 1.80. The summed E-state index contributed by atoms with van der Waals surface area (Å²) in [6.45, 7) is 1.60. The van der Waals surface area contributed by atoms with E-state index in [0.29, 0.717) is 11.1 Å². The first-order valence-corrected chi connectivity index (χ1v) is 8.06. The summed E-state index contributed by atoms with van der Waals surface area (Å²) < 4.78 is 40.9. The van der Waals surface area contributed by atoms with Gasteiger partial charge in [0.1, 0.15) is 17.5 Å². The van der Waals surface area contributed by atoms with Crippen LogP contribution >= 0.6 is 0 Å². The van der Waals surface area contributed by atoms with E-state index in [1.165, 1.54) is 6.07 Å². The van der Waals surface area contributed by atoms with Gasteiger partial charge in [0, 0.05) is 17.3 Å². The highest BCUT2D eigenvalue weighted by atomic mass is 19.1. The lowest BCUT2D eigenvalue weighted by Gasteiger charge is -2.14. The van der Waals surface area contributed by atoms with E-state index in [1.807, 2.05) is 18.2 Å². The molecule has 26 heavy (non-hydrogen) atoms.